The molecule has 0 fully saturated rings. The van der Waals surface area contributed by atoms with Crippen molar-refractivity contribution >= 4 is 28.5 Å². The molecule has 1 aliphatic rings. The summed E-state index contributed by atoms with van der Waals surface area (Å²) >= 11 is 0. The van der Waals surface area contributed by atoms with E-state index in [2.05, 4.69) is 0 Å². The maximum Gasteiger partial charge on any atom is 0.488 e. The molecule has 2 rings (SSSR count). The van der Waals surface area contributed by atoms with Gasteiger partial charge in [-0.3, -0.25) is 0 Å². The molecule has 0 amide bonds. The van der Waals surface area contributed by atoms with Crippen LogP contribution in [0.5, 0.6) is 0 Å². The van der Waals surface area contributed by atoms with Gasteiger partial charge in [0.25, 0.3) is 0 Å². The zero-order valence-electron chi connectivity index (χ0n) is 7.08. The Morgan fingerprint density at radius 2 is 1.93 bits per heavy atom. The van der Waals surface area contributed by atoms with Crippen molar-refractivity contribution < 1.29 is 18.5 Å². The monoisotopic (exact) mass is 210 g/mol. The predicted molar refractivity (Wildman–Crippen MR) is 52.5 cm³/mol. The highest BCUT2D eigenvalue weighted by Gasteiger charge is 2.23. The SMILES string of the molecule is O=S1(=O)C=Cc2ccc(B(O)O)cc21. The molecule has 0 aromatic heterocycles. The first kappa shape index (κ1) is 9.45. The van der Waals surface area contributed by atoms with Gasteiger partial charge in [-0.1, -0.05) is 12.1 Å². The fraction of sp³-hybridized carbons (Fsp3) is 0. The second-order valence-electron chi connectivity index (χ2n) is 3.02. The third-order valence-electron chi connectivity index (χ3n) is 2.07. The molecule has 0 unspecified atom stereocenters. The van der Waals surface area contributed by atoms with E-state index in [9.17, 15) is 8.42 Å². The lowest BCUT2D eigenvalue weighted by Crippen LogP contribution is -2.30. The van der Waals surface area contributed by atoms with Crippen LogP contribution in [0.3, 0.4) is 0 Å². The first-order valence-electron chi connectivity index (χ1n) is 3.94. The molecule has 0 spiro atoms. The molecule has 4 nitrogen and oxygen atoms in total. The van der Waals surface area contributed by atoms with Crippen LogP contribution in [-0.4, -0.2) is 25.6 Å². The average molecular weight is 210 g/mol. The Morgan fingerprint density at radius 1 is 1.21 bits per heavy atom. The van der Waals surface area contributed by atoms with Crippen LogP contribution < -0.4 is 5.46 Å². The van der Waals surface area contributed by atoms with E-state index in [4.69, 9.17) is 10.0 Å². The van der Waals surface area contributed by atoms with Crippen molar-refractivity contribution in [1.29, 1.82) is 0 Å². The lowest BCUT2D eigenvalue weighted by Gasteiger charge is -2.02. The summed E-state index contributed by atoms with van der Waals surface area (Å²) < 4.78 is 22.8. The second kappa shape index (κ2) is 2.95. The minimum atomic E-state index is -3.36. The van der Waals surface area contributed by atoms with Crippen LogP contribution in [-0.2, 0) is 9.84 Å². The van der Waals surface area contributed by atoms with Gasteiger partial charge in [0.05, 0.1) is 4.90 Å². The minimum Gasteiger partial charge on any atom is -0.423 e. The maximum atomic E-state index is 11.4. The van der Waals surface area contributed by atoms with E-state index in [0.29, 0.717) is 5.56 Å². The summed E-state index contributed by atoms with van der Waals surface area (Å²) in [7, 11) is -5.01. The zero-order valence-corrected chi connectivity index (χ0v) is 7.90. The summed E-state index contributed by atoms with van der Waals surface area (Å²) in [5.74, 6) is 0. The fourth-order valence-corrected chi connectivity index (χ4v) is 2.57. The molecular weight excluding hydrogens is 203 g/mol. The van der Waals surface area contributed by atoms with Crippen LogP contribution in [0, 0.1) is 0 Å². The van der Waals surface area contributed by atoms with Gasteiger partial charge in [0.2, 0.25) is 0 Å². The van der Waals surface area contributed by atoms with E-state index in [1.807, 2.05) is 0 Å². The van der Waals surface area contributed by atoms with E-state index in [1.54, 1.807) is 6.07 Å². The van der Waals surface area contributed by atoms with Crippen molar-refractivity contribution in [3.8, 4) is 0 Å². The Bertz CT molecular complexity index is 504. The van der Waals surface area contributed by atoms with Crippen LogP contribution in [0.1, 0.15) is 5.56 Å². The van der Waals surface area contributed by atoms with Gasteiger partial charge in [-0.25, -0.2) is 8.42 Å². The minimum absolute atomic E-state index is 0.128. The van der Waals surface area contributed by atoms with Crippen molar-refractivity contribution in [2.45, 2.75) is 4.90 Å². The summed E-state index contributed by atoms with van der Waals surface area (Å²) in [6, 6.07) is 4.30. The van der Waals surface area contributed by atoms with Crippen molar-refractivity contribution in [3.05, 3.63) is 29.2 Å². The van der Waals surface area contributed by atoms with E-state index in [0.717, 1.165) is 5.41 Å². The van der Waals surface area contributed by atoms with Crippen molar-refractivity contribution in [1.82, 2.24) is 0 Å². The van der Waals surface area contributed by atoms with Crippen LogP contribution in [0.2, 0.25) is 0 Å². The van der Waals surface area contributed by atoms with E-state index in [-0.39, 0.29) is 10.4 Å². The number of sulfone groups is 1. The predicted octanol–water partition coefficient (Wildman–Crippen LogP) is -0.876. The first-order chi connectivity index (χ1) is 6.50. The maximum absolute atomic E-state index is 11.4. The van der Waals surface area contributed by atoms with Gasteiger partial charge >= 0.3 is 7.12 Å². The van der Waals surface area contributed by atoms with Crippen molar-refractivity contribution in [3.63, 3.8) is 0 Å². The van der Waals surface area contributed by atoms with Gasteiger partial charge in [0.15, 0.2) is 9.84 Å². The quantitative estimate of drug-likeness (QED) is 0.590. The molecule has 0 aliphatic carbocycles. The lowest BCUT2D eigenvalue weighted by atomic mass is 9.80. The summed E-state index contributed by atoms with van der Waals surface area (Å²) in [6.45, 7) is 0. The molecule has 72 valence electrons. The number of fused-ring (bicyclic) bond motifs is 1. The Labute approximate surface area is 81.6 Å². The summed E-state index contributed by atoms with van der Waals surface area (Å²) in [4.78, 5) is 0.128. The van der Waals surface area contributed by atoms with Crippen molar-refractivity contribution in [2.24, 2.45) is 0 Å². The third-order valence-corrected chi connectivity index (χ3v) is 3.53. The van der Waals surface area contributed by atoms with Gasteiger partial charge in [-0.15, -0.1) is 0 Å². The van der Waals surface area contributed by atoms with Crippen LogP contribution in [0.4, 0.5) is 0 Å². The molecule has 0 atom stereocenters. The fourth-order valence-electron chi connectivity index (χ4n) is 1.33. The first-order valence-corrected chi connectivity index (χ1v) is 5.48. The Hall–Kier alpha value is -1.11. The number of benzene rings is 1. The van der Waals surface area contributed by atoms with Crippen LogP contribution in [0.15, 0.2) is 28.5 Å². The van der Waals surface area contributed by atoms with Gasteiger partial charge in [-0.05, 0) is 23.2 Å². The number of hydrogen-bond donors (Lipinski definition) is 2. The lowest BCUT2D eigenvalue weighted by molar-refractivity contribution is 0.425. The van der Waals surface area contributed by atoms with E-state index < -0.39 is 17.0 Å². The average Bonchev–Trinajstić information content (AvgIpc) is 2.42. The molecule has 2 N–H and O–H groups in total. The van der Waals surface area contributed by atoms with Gasteiger partial charge in [0, 0.05) is 5.41 Å². The van der Waals surface area contributed by atoms with Gasteiger partial charge < -0.3 is 10.0 Å². The Kier molecular flexibility index (Phi) is 1.99. The van der Waals surface area contributed by atoms with Gasteiger partial charge in [0.1, 0.15) is 0 Å². The second-order valence-corrected chi connectivity index (χ2v) is 4.82. The molecule has 0 saturated carbocycles. The summed E-state index contributed by atoms with van der Waals surface area (Å²) in [5.41, 5.74) is 0.755. The zero-order chi connectivity index (χ0) is 10.3. The highest BCUT2D eigenvalue weighted by Crippen LogP contribution is 2.25. The molecule has 0 radical (unpaired) electrons. The topological polar surface area (TPSA) is 74.6 Å². The molecule has 1 aromatic rings. The van der Waals surface area contributed by atoms with Gasteiger partial charge in [-0.2, -0.15) is 0 Å². The molecule has 0 bridgehead atoms. The molecule has 1 aromatic carbocycles. The normalized spacial score (nSPS) is 16.7. The van der Waals surface area contributed by atoms with E-state index in [1.165, 1.54) is 18.2 Å². The summed E-state index contributed by atoms with van der Waals surface area (Å²) in [5, 5.41) is 18.8. The molecule has 6 heteroatoms. The molecule has 1 aliphatic heterocycles. The third kappa shape index (κ3) is 1.37. The molecule has 14 heavy (non-hydrogen) atoms. The summed E-state index contributed by atoms with van der Waals surface area (Å²) in [6.07, 6.45) is 1.48. The van der Waals surface area contributed by atoms with E-state index >= 15 is 0 Å². The molecule has 0 saturated heterocycles. The van der Waals surface area contributed by atoms with Crippen molar-refractivity contribution in [2.75, 3.05) is 0 Å². The Balaban J connectivity index is 2.63. The molecular formula is C8H7BO4S. The highest BCUT2D eigenvalue weighted by atomic mass is 32.2. The smallest absolute Gasteiger partial charge is 0.423 e. The molecule has 1 heterocycles. The van der Waals surface area contributed by atoms with Crippen LogP contribution in [0.25, 0.3) is 6.08 Å². The van der Waals surface area contributed by atoms with Crippen LogP contribution >= 0.6 is 0 Å². The standard InChI is InChI=1S/C8H7BO4S/c10-9(11)7-2-1-6-3-4-14(12,13)8(6)5-7/h1-5,10-11H. The number of hydrogen-bond acceptors (Lipinski definition) is 4. The Morgan fingerprint density at radius 3 is 2.57 bits per heavy atom. The highest BCUT2D eigenvalue weighted by molar-refractivity contribution is 7.94. The largest absolute Gasteiger partial charge is 0.488 e. The number of rotatable bonds is 1.